The SMILES string of the molecule is CCC1(C)CC(C)C2C(C(C)C)CC21. The molecule has 82 valence electrons. The van der Waals surface area contributed by atoms with E-state index in [1.165, 1.54) is 19.3 Å². The van der Waals surface area contributed by atoms with Gasteiger partial charge in [0.2, 0.25) is 0 Å². The third-order valence-corrected chi connectivity index (χ3v) is 5.49. The van der Waals surface area contributed by atoms with E-state index in [2.05, 4.69) is 34.6 Å². The number of rotatable bonds is 2. The largest absolute Gasteiger partial charge is 0.0649 e. The number of fused-ring (bicyclic) bond motifs is 1. The molecular formula is C14H26. The van der Waals surface area contributed by atoms with Gasteiger partial charge in [0.05, 0.1) is 0 Å². The molecule has 0 nitrogen and oxygen atoms in total. The minimum atomic E-state index is 0.690. The molecule has 0 radical (unpaired) electrons. The first-order valence-electron chi connectivity index (χ1n) is 6.49. The van der Waals surface area contributed by atoms with E-state index in [1.54, 1.807) is 0 Å². The summed E-state index contributed by atoms with van der Waals surface area (Å²) in [5.74, 6) is 5.09. The molecule has 0 bridgehead atoms. The first-order valence-corrected chi connectivity index (χ1v) is 6.49. The minimum Gasteiger partial charge on any atom is -0.0649 e. The highest BCUT2D eigenvalue weighted by atomic mass is 14.6. The molecule has 5 unspecified atom stereocenters. The molecule has 0 aliphatic heterocycles. The molecule has 0 spiro atoms. The molecule has 2 aliphatic carbocycles. The molecule has 14 heavy (non-hydrogen) atoms. The molecule has 0 heteroatoms. The predicted octanol–water partition coefficient (Wildman–Crippen LogP) is 4.35. The normalized spacial score (nSPS) is 51.9. The Bertz CT molecular complexity index is 218. The van der Waals surface area contributed by atoms with E-state index in [-0.39, 0.29) is 0 Å². The molecule has 0 amide bonds. The predicted molar refractivity (Wildman–Crippen MR) is 62.1 cm³/mol. The van der Waals surface area contributed by atoms with Gasteiger partial charge in [0, 0.05) is 0 Å². The van der Waals surface area contributed by atoms with Gasteiger partial charge in [0.25, 0.3) is 0 Å². The van der Waals surface area contributed by atoms with Crippen LogP contribution in [0.5, 0.6) is 0 Å². The number of hydrogen-bond donors (Lipinski definition) is 0. The molecule has 0 heterocycles. The topological polar surface area (TPSA) is 0 Å². The molecule has 0 aromatic carbocycles. The second kappa shape index (κ2) is 3.25. The lowest BCUT2D eigenvalue weighted by Crippen LogP contribution is -2.43. The summed E-state index contributed by atoms with van der Waals surface area (Å²) in [6, 6.07) is 0. The minimum absolute atomic E-state index is 0.690. The average molecular weight is 194 g/mol. The monoisotopic (exact) mass is 194 g/mol. The van der Waals surface area contributed by atoms with Gasteiger partial charge in [0.15, 0.2) is 0 Å². The van der Waals surface area contributed by atoms with Crippen molar-refractivity contribution in [3.63, 3.8) is 0 Å². The van der Waals surface area contributed by atoms with Gasteiger partial charge in [0.1, 0.15) is 0 Å². The van der Waals surface area contributed by atoms with Crippen LogP contribution >= 0.6 is 0 Å². The maximum Gasteiger partial charge on any atom is -0.0295 e. The van der Waals surface area contributed by atoms with E-state index in [0.717, 1.165) is 29.6 Å². The summed E-state index contributed by atoms with van der Waals surface area (Å²) in [7, 11) is 0. The van der Waals surface area contributed by atoms with E-state index in [4.69, 9.17) is 0 Å². The Morgan fingerprint density at radius 3 is 2.50 bits per heavy atom. The fourth-order valence-electron chi connectivity index (χ4n) is 4.42. The van der Waals surface area contributed by atoms with Crippen molar-refractivity contribution >= 4 is 0 Å². The van der Waals surface area contributed by atoms with Gasteiger partial charge in [-0.1, -0.05) is 41.0 Å². The summed E-state index contributed by atoms with van der Waals surface area (Å²) in [5, 5.41) is 0. The quantitative estimate of drug-likeness (QED) is 0.613. The first kappa shape index (κ1) is 10.5. The van der Waals surface area contributed by atoms with Gasteiger partial charge in [-0.25, -0.2) is 0 Å². The highest BCUT2D eigenvalue weighted by molar-refractivity contribution is 5.06. The summed E-state index contributed by atoms with van der Waals surface area (Å²) in [5.41, 5.74) is 0.690. The van der Waals surface area contributed by atoms with Crippen LogP contribution in [0.25, 0.3) is 0 Å². The molecule has 2 aliphatic rings. The summed E-state index contributed by atoms with van der Waals surface area (Å²) in [6.07, 6.45) is 4.41. The summed E-state index contributed by atoms with van der Waals surface area (Å²) in [4.78, 5) is 0. The molecule has 2 fully saturated rings. The smallest absolute Gasteiger partial charge is 0.0295 e. The molecule has 5 atom stereocenters. The summed E-state index contributed by atoms with van der Waals surface area (Å²) in [6.45, 7) is 12.2. The Labute approximate surface area is 89.5 Å². The molecular weight excluding hydrogens is 168 g/mol. The highest BCUT2D eigenvalue weighted by Crippen LogP contribution is 2.65. The Morgan fingerprint density at radius 1 is 1.36 bits per heavy atom. The van der Waals surface area contributed by atoms with Crippen molar-refractivity contribution in [1.29, 1.82) is 0 Å². The Hall–Kier alpha value is 0. The molecule has 0 saturated heterocycles. The Morgan fingerprint density at radius 2 is 2.00 bits per heavy atom. The lowest BCUT2D eigenvalue weighted by atomic mass is 9.55. The second-order valence-corrected chi connectivity index (χ2v) is 6.52. The van der Waals surface area contributed by atoms with Crippen LogP contribution in [0, 0.1) is 35.0 Å². The van der Waals surface area contributed by atoms with Gasteiger partial charge in [-0.3, -0.25) is 0 Å². The van der Waals surface area contributed by atoms with Crippen molar-refractivity contribution in [2.24, 2.45) is 35.0 Å². The van der Waals surface area contributed by atoms with Crippen LogP contribution in [0.4, 0.5) is 0 Å². The lowest BCUT2D eigenvalue weighted by Gasteiger charge is -2.50. The first-order chi connectivity index (χ1) is 6.49. The van der Waals surface area contributed by atoms with Crippen molar-refractivity contribution in [3.05, 3.63) is 0 Å². The van der Waals surface area contributed by atoms with Crippen LogP contribution in [0.15, 0.2) is 0 Å². The molecule has 0 N–H and O–H groups in total. The molecule has 2 saturated carbocycles. The Kier molecular flexibility index (Phi) is 2.44. The molecule has 0 aromatic heterocycles. The average Bonchev–Trinajstić information content (AvgIpc) is 2.17. The summed E-state index contributed by atoms with van der Waals surface area (Å²) >= 11 is 0. The van der Waals surface area contributed by atoms with Crippen LogP contribution in [0.2, 0.25) is 0 Å². The van der Waals surface area contributed by atoms with Gasteiger partial charge in [-0.15, -0.1) is 0 Å². The van der Waals surface area contributed by atoms with Crippen LogP contribution in [-0.2, 0) is 0 Å². The van der Waals surface area contributed by atoms with Crippen molar-refractivity contribution in [3.8, 4) is 0 Å². The van der Waals surface area contributed by atoms with Crippen molar-refractivity contribution in [1.82, 2.24) is 0 Å². The Balaban J connectivity index is 2.11. The maximum atomic E-state index is 2.53. The zero-order valence-electron chi connectivity index (χ0n) is 10.5. The summed E-state index contributed by atoms with van der Waals surface area (Å²) < 4.78 is 0. The van der Waals surface area contributed by atoms with E-state index < -0.39 is 0 Å². The van der Waals surface area contributed by atoms with Gasteiger partial charge in [-0.05, 0) is 47.8 Å². The van der Waals surface area contributed by atoms with Crippen LogP contribution in [0.3, 0.4) is 0 Å². The third-order valence-electron chi connectivity index (χ3n) is 5.49. The second-order valence-electron chi connectivity index (χ2n) is 6.52. The van der Waals surface area contributed by atoms with E-state index in [1.807, 2.05) is 0 Å². The zero-order chi connectivity index (χ0) is 10.5. The van der Waals surface area contributed by atoms with Crippen LogP contribution in [-0.4, -0.2) is 0 Å². The van der Waals surface area contributed by atoms with Gasteiger partial charge < -0.3 is 0 Å². The fourth-order valence-corrected chi connectivity index (χ4v) is 4.42. The lowest BCUT2D eigenvalue weighted by molar-refractivity contribution is -0.0112. The van der Waals surface area contributed by atoms with Gasteiger partial charge in [-0.2, -0.15) is 0 Å². The molecule has 2 rings (SSSR count). The zero-order valence-corrected chi connectivity index (χ0v) is 10.5. The third kappa shape index (κ3) is 1.26. The number of hydrogen-bond acceptors (Lipinski definition) is 0. The fraction of sp³-hybridized carbons (Fsp3) is 1.00. The van der Waals surface area contributed by atoms with E-state index >= 15 is 0 Å². The highest BCUT2D eigenvalue weighted by Gasteiger charge is 2.57. The van der Waals surface area contributed by atoms with Crippen molar-refractivity contribution < 1.29 is 0 Å². The molecule has 0 aromatic rings. The van der Waals surface area contributed by atoms with E-state index in [0.29, 0.717) is 5.41 Å². The van der Waals surface area contributed by atoms with Crippen LogP contribution < -0.4 is 0 Å². The van der Waals surface area contributed by atoms with Crippen molar-refractivity contribution in [2.45, 2.75) is 53.9 Å². The van der Waals surface area contributed by atoms with E-state index in [9.17, 15) is 0 Å². The van der Waals surface area contributed by atoms with Crippen molar-refractivity contribution in [2.75, 3.05) is 0 Å². The van der Waals surface area contributed by atoms with Crippen LogP contribution in [0.1, 0.15) is 53.9 Å². The van der Waals surface area contributed by atoms with Gasteiger partial charge >= 0.3 is 0 Å². The maximum absolute atomic E-state index is 2.53. The standard InChI is InChI=1S/C14H26/c1-6-14(5)8-10(4)13-11(9(2)3)7-12(13)14/h9-13H,6-8H2,1-5H3.